The molecule has 0 atom stereocenters. The number of hydrogen-bond donors (Lipinski definition) is 1. The fourth-order valence-corrected chi connectivity index (χ4v) is 3.42. The zero-order chi connectivity index (χ0) is 12.3. The number of thiophene rings is 1. The summed E-state index contributed by atoms with van der Waals surface area (Å²) in [6, 6.07) is 2.21. The summed E-state index contributed by atoms with van der Waals surface area (Å²) in [4.78, 5) is 12.9. The molecule has 0 spiro atoms. The van der Waals surface area contributed by atoms with E-state index in [1.807, 2.05) is 0 Å². The zero-order valence-electron chi connectivity index (χ0n) is 9.38. The van der Waals surface area contributed by atoms with E-state index in [0.717, 1.165) is 29.8 Å². The molecule has 1 N–H and O–H groups in total. The lowest BCUT2D eigenvalue weighted by Crippen LogP contribution is -2.11. The Kier molecular flexibility index (Phi) is 4.03. The van der Waals surface area contributed by atoms with Crippen LogP contribution in [0.5, 0.6) is 0 Å². The van der Waals surface area contributed by atoms with E-state index >= 15 is 0 Å². The summed E-state index contributed by atoms with van der Waals surface area (Å²) < 4.78 is 0. The second-order valence-corrected chi connectivity index (χ2v) is 5.50. The lowest BCUT2D eigenvalue weighted by atomic mass is 10.1. The summed E-state index contributed by atoms with van der Waals surface area (Å²) in [7, 11) is 0. The average molecular weight is 269 g/mol. The number of anilines is 1. The molecular formula is C12H13ClN2OS. The minimum absolute atomic E-state index is 0.0536. The first kappa shape index (κ1) is 12.4. The van der Waals surface area contributed by atoms with Crippen molar-refractivity contribution in [1.29, 1.82) is 5.26 Å². The van der Waals surface area contributed by atoms with E-state index in [1.165, 1.54) is 4.88 Å². The van der Waals surface area contributed by atoms with Gasteiger partial charge in [-0.25, -0.2) is 0 Å². The molecule has 0 fully saturated rings. The Bertz CT molecular complexity index is 476. The van der Waals surface area contributed by atoms with Gasteiger partial charge in [0.15, 0.2) is 0 Å². The number of carbonyl (C=O) groups excluding carboxylic acids is 1. The van der Waals surface area contributed by atoms with Crippen LogP contribution >= 0.6 is 22.9 Å². The fourth-order valence-electron chi connectivity index (χ4n) is 2.03. The van der Waals surface area contributed by atoms with Crippen LogP contribution in [0.25, 0.3) is 0 Å². The minimum Gasteiger partial charge on any atom is -0.317 e. The Labute approximate surface area is 109 Å². The summed E-state index contributed by atoms with van der Waals surface area (Å²) >= 11 is 7.09. The molecular weight excluding hydrogens is 256 g/mol. The molecule has 1 amide bonds. The van der Waals surface area contributed by atoms with Crippen LogP contribution in [0.3, 0.4) is 0 Å². The molecule has 3 nitrogen and oxygen atoms in total. The summed E-state index contributed by atoms with van der Waals surface area (Å²) in [5.41, 5.74) is 1.81. The van der Waals surface area contributed by atoms with Crippen molar-refractivity contribution in [3.05, 3.63) is 16.0 Å². The standard InChI is InChI=1S/C12H13ClN2OS/c13-6-2-5-11(16)15-12-9(7-14)8-3-1-4-10(8)17-12/h1-6H2,(H,15,16). The van der Waals surface area contributed by atoms with E-state index in [4.69, 9.17) is 16.9 Å². The van der Waals surface area contributed by atoms with Crippen molar-refractivity contribution in [2.45, 2.75) is 32.1 Å². The van der Waals surface area contributed by atoms with E-state index < -0.39 is 0 Å². The van der Waals surface area contributed by atoms with E-state index in [1.54, 1.807) is 11.3 Å². The van der Waals surface area contributed by atoms with Crippen molar-refractivity contribution in [2.75, 3.05) is 11.2 Å². The average Bonchev–Trinajstić information content (AvgIpc) is 2.86. The predicted molar refractivity (Wildman–Crippen MR) is 69.6 cm³/mol. The smallest absolute Gasteiger partial charge is 0.225 e. The SMILES string of the molecule is N#Cc1c(NC(=O)CCCCl)sc2c1CCC2. The summed E-state index contributed by atoms with van der Waals surface area (Å²) in [5, 5.41) is 12.7. The molecule has 5 heteroatoms. The Morgan fingerprint density at radius 2 is 2.35 bits per heavy atom. The molecule has 1 aliphatic rings. The van der Waals surface area contributed by atoms with Crippen LogP contribution in [0, 0.1) is 11.3 Å². The lowest BCUT2D eigenvalue weighted by molar-refractivity contribution is -0.116. The number of alkyl halides is 1. The van der Waals surface area contributed by atoms with Crippen molar-refractivity contribution in [3.63, 3.8) is 0 Å². The van der Waals surface area contributed by atoms with Gasteiger partial charge in [0.05, 0.1) is 5.56 Å². The molecule has 0 bridgehead atoms. The second kappa shape index (κ2) is 5.52. The Morgan fingerprint density at radius 3 is 3.06 bits per heavy atom. The molecule has 1 aliphatic carbocycles. The second-order valence-electron chi connectivity index (χ2n) is 4.01. The number of nitriles is 1. The Morgan fingerprint density at radius 1 is 1.53 bits per heavy atom. The van der Waals surface area contributed by atoms with Gasteiger partial charge in [0.1, 0.15) is 11.1 Å². The normalized spacial score (nSPS) is 13.2. The van der Waals surface area contributed by atoms with Crippen molar-refractivity contribution < 1.29 is 4.79 Å². The third kappa shape index (κ3) is 2.62. The fraction of sp³-hybridized carbons (Fsp3) is 0.500. The number of nitrogens with zero attached hydrogens (tertiary/aromatic N) is 1. The first-order valence-electron chi connectivity index (χ1n) is 5.66. The van der Waals surface area contributed by atoms with Gasteiger partial charge in [-0.15, -0.1) is 22.9 Å². The van der Waals surface area contributed by atoms with Crippen molar-refractivity contribution in [1.82, 2.24) is 0 Å². The summed E-state index contributed by atoms with van der Waals surface area (Å²) in [6.07, 6.45) is 4.20. The lowest BCUT2D eigenvalue weighted by Gasteiger charge is -2.02. The number of halogens is 1. The van der Waals surface area contributed by atoms with E-state index in [2.05, 4.69) is 11.4 Å². The highest BCUT2D eigenvalue weighted by Gasteiger charge is 2.22. The molecule has 1 aromatic rings. The number of hydrogen-bond acceptors (Lipinski definition) is 3. The zero-order valence-corrected chi connectivity index (χ0v) is 11.0. The van der Waals surface area contributed by atoms with Crippen LogP contribution < -0.4 is 5.32 Å². The van der Waals surface area contributed by atoms with E-state index in [-0.39, 0.29) is 5.91 Å². The van der Waals surface area contributed by atoms with Crippen LogP contribution in [0.2, 0.25) is 0 Å². The van der Waals surface area contributed by atoms with Gasteiger partial charge >= 0.3 is 0 Å². The number of nitrogens with one attached hydrogen (secondary N) is 1. The molecule has 0 radical (unpaired) electrons. The molecule has 0 saturated heterocycles. The van der Waals surface area contributed by atoms with Crippen LogP contribution in [0.15, 0.2) is 0 Å². The topological polar surface area (TPSA) is 52.9 Å². The first-order valence-corrected chi connectivity index (χ1v) is 7.01. The maximum atomic E-state index is 11.6. The first-order chi connectivity index (χ1) is 8.26. The molecule has 1 heterocycles. The Balaban J connectivity index is 2.12. The summed E-state index contributed by atoms with van der Waals surface area (Å²) in [5.74, 6) is 0.432. The maximum Gasteiger partial charge on any atom is 0.225 e. The third-order valence-corrected chi connectivity index (χ3v) is 4.30. The van der Waals surface area contributed by atoms with E-state index in [9.17, 15) is 4.79 Å². The maximum absolute atomic E-state index is 11.6. The molecule has 2 rings (SSSR count). The van der Waals surface area contributed by atoms with Crippen LogP contribution in [0.1, 0.15) is 35.3 Å². The van der Waals surface area contributed by atoms with Gasteiger partial charge in [0.25, 0.3) is 0 Å². The quantitative estimate of drug-likeness (QED) is 0.854. The highest BCUT2D eigenvalue weighted by molar-refractivity contribution is 7.16. The Hall–Kier alpha value is -1.05. The van der Waals surface area contributed by atoms with Gasteiger partial charge in [0.2, 0.25) is 5.91 Å². The highest BCUT2D eigenvalue weighted by atomic mass is 35.5. The number of amides is 1. The van der Waals surface area contributed by atoms with Gasteiger partial charge < -0.3 is 5.32 Å². The molecule has 0 saturated carbocycles. The molecule has 90 valence electrons. The van der Waals surface area contributed by atoms with Crippen LogP contribution in [-0.2, 0) is 17.6 Å². The van der Waals surface area contributed by atoms with Gasteiger partial charge in [-0.1, -0.05) is 0 Å². The largest absolute Gasteiger partial charge is 0.317 e. The number of rotatable bonds is 4. The summed E-state index contributed by atoms with van der Waals surface area (Å²) in [6.45, 7) is 0. The van der Waals surface area contributed by atoms with Crippen LogP contribution in [0.4, 0.5) is 5.00 Å². The number of carbonyl (C=O) groups is 1. The van der Waals surface area contributed by atoms with Gasteiger partial charge in [0, 0.05) is 17.2 Å². The van der Waals surface area contributed by atoms with Crippen LogP contribution in [-0.4, -0.2) is 11.8 Å². The monoisotopic (exact) mass is 268 g/mol. The van der Waals surface area contributed by atoms with Crippen molar-refractivity contribution in [2.24, 2.45) is 0 Å². The van der Waals surface area contributed by atoms with Crippen molar-refractivity contribution in [3.8, 4) is 6.07 Å². The molecule has 0 aromatic carbocycles. The minimum atomic E-state index is -0.0536. The van der Waals surface area contributed by atoms with E-state index in [0.29, 0.717) is 24.3 Å². The van der Waals surface area contributed by atoms with Gasteiger partial charge in [-0.2, -0.15) is 5.26 Å². The molecule has 1 aromatic heterocycles. The van der Waals surface area contributed by atoms with Gasteiger partial charge in [-0.3, -0.25) is 4.79 Å². The molecule has 0 unspecified atom stereocenters. The van der Waals surface area contributed by atoms with Gasteiger partial charge in [-0.05, 0) is 31.2 Å². The predicted octanol–water partition coefficient (Wildman–Crippen LogP) is 3.07. The third-order valence-electron chi connectivity index (χ3n) is 2.82. The molecule has 17 heavy (non-hydrogen) atoms. The van der Waals surface area contributed by atoms with Crippen molar-refractivity contribution >= 4 is 33.8 Å². The highest BCUT2D eigenvalue weighted by Crippen LogP contribution is 2.38. The molecule has 0 aliphatic heterocycles. The number of fused-ring (bicyclic) bond motifs is 1. The number of aryl methyl sites for hydroxylation is 1.